The molecule has 0 aliphatic rings. The molecule has 220 valence electrons. The zero-order valence-corrected chi connectivity index (χ0v) is 24.7. The summed E-state index contributed by atoms with van der Waals surface area (Å²) in [5, 5.41) is 14.0. The molecule has 3 heterocycles. The zero-order chi connectivity index (χ0) is 30.1. The first-order valence-electron chi connectivity index (χ1n) is 13.2. The summed E-state index contributed by atoms with van der Waals surface area (Å²) in [7, 11) is 3.37. The molecule has 0 fully saturated rings. The monoisotopic (exact) mass is 589 g/mol. The molecule has 1 aromatic carbocycles. The van der Waals surface area contributed by atoms with E-state index in [4.69, 9.17) is 4.74 Å². The van der Waals surface area contributed by atoms with Crippen molar-refractivity contribution in [1.82, 2.24) is 24.4 Å². The number of hydrogen-bond donors (Lipinski definition) is 1. The molecule has 4 aromatic rings. The van der Waals surface area contributed by atoms with E-state index >= 15 is 0 Å². The topological polar surface area (TPSA) is 83.2 Å². The van der Waals surface area contributed by atoms with Crippen LogP contribution in [0.1, 0.15) is 51.3 Å². The van der Waals surface area contributed by atoms with Crippen LogP contribution in [0.25, 0.3) is 16.9 Å². The number of amides is 1. The van der Waals surface area contributed by atoms with Crippen molar-refractivity contribution in [2.24, 2.45) is 0 Å². The lowest BCUT2D eigenvalue weighted by molar-refractivity contribution is -0.143. The fourth-order valence-corrected chi connectivity index (χ4v) is 5.87. The highest BCUT2D eigenvalue weighted by atomic mass is 32.1. The van der Waals surface area contributed by atoms with Gasteiger partial charge in [0.2, 0.25) is 0 Å². The Hall–Kier alpha value is -3.48. The van der Waals surface area contributed by atoms with Crippen molar-refractivity contribution >= 4 is 22.9 Å². The van der Waals surface area contributed by atoms with Gasteiger partial charge < -0.3 is 14.7 Å². The van der Waals surface area contributed by atoms with Crippen LogP contribution < -0.4 is 4.74 Å². The predicted octanol–water partition coefficient (Wildman–Crippen LogP) is 5.62. The van der Waals surface area contributed by atoms with Crippen LogP contribution in [0.15, 0.2) is 42.6 Å². The lowest BCUT2D eigenvalue weighted by Crippen LogP contribution is -2.42. The number of carbonyl (C=O) groups is 1. The Labute approximate surface area is 241 Å². The summed E-state index contributed by atoms with van der Waals surface area (Å²) in [6.45, 7) is 7.67. The normalized spacial score (nSPS) is 12.9. The number of benzene rings is 1. The van der Waals surface area contributed by atoms with Gasteiger partial charge in [-0.2, -0.15) is 18.3 Å². The van der Waals surface area contributed by atoms with Crippen LogP contribution in [-0.2, 0) is 6.18 Å². The zero-order valence-electron chi connectivity index (χ0n) is 23.9. The Balaban J connectivity index is 1.71. The molecule has 8 nitrogen and oxygen atoms in total. The van der Waals surface area contributed by atoms with Gasteiger partial charge in [-0.1, -0.05) is 0 Å². The maximum absolute atomic E-state index is 14.3. The SMILES string of the molecule is COc1ccc(-c2nc3c(C(=O)N(CCN(C)[C@@H](CO)c4ccc(C)s4)C(C)C)cnn3c(C(F)(F)F)c2C)cc1. The number of nitrogens with zero attached hydrogens (tertiary/aromatic N) is 5. The van der Waals surface area contributed by atoms with Gasteiger partial charge in [0.15, 0.2) is 11.3 Å². The summed E-state index contributed by atoms with van der Waals surface area (Å²) in [5.41, 5.74) is -0.708. The largest absolute Gasteiger partial charge is 0.497 e. The molecule has 0 bridgehead atoms. The summed E-state index contributed by atoms with van der Waals surface area (Å²) in [5.74, 6) is 0.0833. The Bertz CT molecular complexity index is 1510. The average Bonchev–Trinajstić information content (AvgIpc) is 3.53. The van der Waals surface area contributed by atoms with Crippen molar-refractivity contribution in [1.29, 1.82) is 0 Å². The highest BCUT2D eigenvalue weighted by Crippen LogP contribution is 2.37. The van der Waals surface area contributed by atoms with E-state index in [0.717, 1.165) is 16.0 Å². The van der Waals surface area contributed by atoms with Gasteiger partial charge in [-0.3, -0.25) is 9.69 Å². The number of hydrogen-bond acceptors (Lipinski definition) is 7. The minimum absolute atomic E-state index is 0.0193. The molecular formula is C29H34F3N5O3S. The standard InChI is InChI=1S/C29H34F3N5O3S/c1-17(2)36(14-13-35(5)23(16-38)24-12-7-18(3)41-24)28(39)22-15-33-37-26(29(30,31)32)19(4)25(34-27(22)37)20-8-10-21(40-6)11-9-20/h7-12,15,17,23,38H,13-14,16H2,1-6H3/t23-/m0/s1. The molecule has 1 atom stereocenters. The molecule has 0 aliphatic heterocycles. The van der Waals surface area contributed by atoms with Gasteiger partial charge in [0, 0.05) is 40.0 Å². The van der Waals surface area contributed by atoms with Crippen LogP contribution in [0, 0.1) is 13.8 Å². The van der Waals surface area contributed by atoms with E-state index in [1.165, 1.54) is 14.0 Å². The minimum Gasteiger partial charge on any atom is -0.497 e. The van der Waals surface area contributed by atoms with Crippen LogP contribution in [0.3, 0.4) is 0 Å². The van der Waals surface area contributed by atoms with E-state index < -0.39 is 17.8 Å². The molecule has 1 N–H and O–H groups in total. The molecular weight excluding hydrogens is 555 g/mol. The van der Waals surface area contributed by atoms with E-state index in [2.05, 4.69) is 10.1 Å². The number of rotatable bonds is 10. The first kappa shape index (κ1) is 30.5. The lowest BCUT2D eigenvalue weighted by Gasteiger charge is -2.31. The molecule has 1 amide bonds. The van der Waals surface area contributed by atoms with Gasteiger partial charge in [0.25, 0.3) is 5.91 Å². The molecule has 41 heavy (non-hydrogen) atoms. The molecule has 4 rings (SSSR count). The number of halogens is 3. The van der Waals surface area contributed by atoms with Crippen molar-refractivity contribution in [3.05, 3.63) is 69.2 Å². The number of ether oxygens (including phenoxy) is 1. The van der Waals surface area contributed by atoms with Crippen molar-refractivity contribution < 1.29 is 27.8 Å². The summed E-state index contributed by atoms with van der Waals surface area (Å²) < 4.78 is 48.9. The fourth-order valence-electron chi connectivity index (χ4n) is 4.84. The smallest absolute Gasteiger partial charge is 0.433 e. The first-order chi connectivity index (χ1) is 19.4. The second kappa shape index (κ2) is 12.2. The summed E-state index contributed by atoms with van der Waals surface area (Å²) in [4.78, 5) is 24.1. The number of fused-ring (bicyclic) bond motifs is 1. The van der Waals surface area contributed by atoms with Crippen molar-refractivity contribution in [2.45, 2.75) is 46.0 Å². The van der Waals surface area contributed by atoms with Gasteiger partial charge in [0.05, 0.1) is 31.6 Å². The second-order valence-corrected chi connectivity index (χ2v) is 11.5. The molecule has 12 heteroatoms. The lowest BCUT2D eigenvalue weighted by atomic mass is 10.0. The summed E-state index contributed by atoms with van der Waals surface area (Å²) >= 11 is 1.60. The van der Waals surface area contributed by atoms with E-state index in [0.29, 0.717) is 22.4 Å². The summed E-state index contributed by atoms with van der Waals surface area (Å²) in [6.07, 6.45) is -3.58. The maximum Gasteiger partial charge on any atom is 0.433 e. The highest BCUT2D eigenvalue weighted by molar-refractivity contribution is 7.12. The average molecular weight is 590 g/mol. The van der Waals surface area contributed by atoms with E-state index in [-0.39, 0.29) is 47.7 Å². The molecule has 0 spiro atoms. The molecule has 0 unspecified atom stereocenters. The van der Waals surface area contributed by atoms with Gasteiger partial charge in [-0.25, -0.2) is 9.50 Å². The predicted molar refractivity (Wildman–Crippen MR) is 152 cm³/mol. The first-order valence-corrected chi connectivity index (χ1v) is 14.0. The van der Waals surface area contributed by atoms with Gasteiger partial charge in [0.1, 0.15) is 11.3 Å². The van der Waals surface area contributed by atoms with E-state index in [1.807, 2.05) is 44.9 Å². The van der Waals surface area contributed by atoms with Crippen molar-refractivity contribution in [3.63, 3.8) is 0 Å². The third-order valence-electron chi connectivity index (χ3n) is 7.12. The number of aliphatic hydroxyl groups is 1. The van der Waals surface area contributed by atoms with Crippen molar-refractivity contribution in [3.8, 4) is 17.0 Å². The number of thiophene rings is 1. The van der Waals surface area contributed by atoms with Crippen LogP contribution in [0.2, 0.25) is 0 Å². The van der Waals surface area contributed by atoms with Crippen LogP contribution >= 0.6 is 11.3 Å². The Morgan fingerprint density at radius 3 is 2.34 bits per heavy atom. The fraction of sp³-hybridized carbons (Fsp3) is 0.414. The van der Waals surface area contributed by atoms with Gasteiger partial charge >= 0.3 is 6.18 Å². The number of methoxy groups -OCH3 is 1. The Kier molecular flexibility index (Phi) is 9.05. The molecule has 0 aliphatic carbocycles. The van der Waals surface area contributed by atoms with Crippen LogP contribution in [0.4, 0.5) is 13.2 Å². The number of aryl methyl sites for hydroxylation is 1. The molecule has 3 aromatic heterocycles. The third-order valence-corrected chi connectivity index (χ3v) is 8.22. The Morgan fingerprint density at radius 1 is 1.12 bits per heavy atom. The number of likely N-dealkylation sites (N-methyl/N-ethyl adjacent to an activating group) is 1. The Morgan fingerprint density at radius 2 is 1.80 bits per heavy atom. The third kappa shape index (κ3) is 6.24. The highest BCUT2D eigenvalue weighted by Gasteiger charge is 2.39. The summed E-state index contributed by atoms with van der Waals surface area (Å²) in [6, 6.07) is 10.0. The second-order valence-electron chi connectivity index (χ2n) is 10.2. The molecule has 0 saturated carbocycles. The van der Waals surface area contributed by atoms with Crippen molar-refractivity contribution in [2.75, 3.05) is 33.9 Å². The number of aromatic nitrogens is 3. The van der Waals surface area contributed by atoms with Crippen LogP contribution in [0.5, 0.6) is 5.75 Å². The number of alkyl halides is 3. The van der Waals surface area contributed by atoms with E-state index in [1.54, 1.807) is 40.5 Å². The maximum atomic E-state index is 14.3. The quantitative estimate of drug-likeness (QED) is 0.259. The van der Waals surface area contributed by atoms with Crippen LogP contribution in [-0.4, -0.2) is 75.3 Å². The minimum atomic E-state index is -4.74. The van der Waals surface area contributed by atoms with Gasteiger partial charge in [-0.15, -0.1) is 11.3 Å². The number of carbonyl (C=O) groups excluding carboxylic acids is 1. The van der Waals surface area contributed by atoms with E-state index in [9.17, 15) is 23.1 Å². The molecule has 0 saturated heterocycles. The molecule has 0 radical (unpaired) electrons. The van der Waals surface area contributed by atoms with Gasteiger partial charge in [-0.05, 0) is 71.1 Å². The number of aliphatic hydroxyl groups excluding tert-OH is 1.